The second-order valence-corrected chi connectivity index (χ2v) is 15.6. The summed E-state index contributed by atoms with van der Waals surface area (Å²) in [5.41, 5.74) is 13.6. The van der Waals surface area contributed by atoms with Crippen molar-refractivity contribution in [3.63, 3.8) is 0 Å². The Morgan fingerprint density at radius 3 is 1.95 bits per heavy atom. The average Bonchev–Trinajstić information content (AvgIpc) is 3.80. The van der Waals surface area contributed by atoms with E-state index >= 15 is 0 Å². The van der Waals surface area contributed by atoms with Crippen molar-refractivity contribution >= 4 is 66.7 Å². The fourth-order valence-corrected chi connectivity index (χ4v) is 10.1. The van der Waals surface area contributed by atoms with Crippen LogP contribution in [-0.2, 0) is 0 Å². The van der Waals surface area contributed by atoms with Gasteiger partial charge in [-0.2, -0.15) is 0 Å². The van der Waals surface area contributed by atoms with Crippen molar-refractivity contribution < 1.29 is 0 Å². The van der Waals surface area contributed by atoms with Crippen LogP contribution in [0.25, 0.3) is 49.2 Å². The lowest BCUT2D eigenvalue weighted by Gasteiger charge is -2.31. The highest BCUT2D eigenvalue weighted by molar-refractivity contribution is 7.19. The molecule has 2 aliphatic rings. The van der Waals surface area contributed by atoms with E-state index in [-0.39, 0.29) is 12.0 Å². The average molecular weight is 721 g/mol. The molecule has 8 aromatic carbocycles. The highest BCUT2D eigenvalue weighted by atomic mass is 32.1. The van der Waals surface area contributed by atoms with Crippen LogP contribution < -0.4 is 9.80 Å². The maximum Gasteiger partial charge on any atom is 0.0794 e. The van der Waals surface area contributed by atoms with Crippen LogP contribution in [0.3, 0.4) is 0 Å². The Hall–Kier alpha value is -6.68. The Bertz CT molecular complexity index is 2870. The molecule has 0 saturated heterocycles. The third-order valence-electron chi connectivity index (χ3n) is 11.4. The van der Waals surface area contributed by atoms with Gasteiger partial charge in [-0.25, -0.2) is 0 Å². The van der Waals surface area contributed by atoms with Crippen molar-refractivity contribution in [1.29, 1.82) is 0 Å². The van der Waals surface area contributed by atoms with E-state index in [9.17, 15) is 0 Å². The highest BCUT2D eigenvalue weighted by Crippen LogP contribution is 2.59. The predicted molar refractivity (Wildman–Crippen MR) is 234 cm³/mol. The van der Waals surface area contributed by atoms with Crippen LogP contribution in [0, 0.1) is 0 Å². The molecule has 0 amide bonds. The first-order chi connectivity index (χ1) is 27.3. The van der Waals surface area contributed by atoms with Crippen LogP contribution in [0.15, 0.2) is 200 Å². The molecular weight excluding hydrogens is 685 g/mol. The van der Waals surface area contributed by atoms with Gasteiger partial charge in [0.1, 0.15) is 0 Å². The predicted octanol–water partition coefficient (Wildman–Crippen LogP) is 14.9. The van der Waals surface area contributed by atoms with Crippen molar-refractivity contribution in [2.75, 3.05) is 9.80 Å². The number of anilines is 5. The Morgan fingerprint density at radius 2 is 1.13 bits per heavy atom. The van der Waals surface area contributed by atoms with Gasteiger partial charge in [-0.15, -0.1) is 11.3 Å². The lowest BCUT2D eigenvalue weighted by molar-refractivity contribution is 0.681. The molecule has 2 atom stereocenters. The molecule has 2 heterocycles. The Labute approximate surface area is 325 Å². The third-order valence-corrected chi connectivity index (χ3v) is 12.6. The summed E-state index contributed by atoms with van der Waals surface area (Å²) in [6.07, 6.45) is 4.86. The zero-order valence-electron chi connectivity index (χ0n) is 30.1. The van der Waals surface area contributed by atoms with Crippen molar-refractivity contribution in [3.8, 4) is 22.3 Å². The Kier molecular flexibility index (Phi) is 7.53. The molecule has 1 aromatic heterocycles. The summed E-state index contributed by atoms with van der Waals surface area (Å²) in [7, 11) is 0. The van der Waals surface area contributed by atoms with E-state index < -0.39 is 0 Å². The van der Waals surface area contributed by atoms with Crippen molar-refractivity contribution in [2.45, 2.75) is 12.0 Å². The van der Waals surface area contributed by atoms with E-state index in [1.54, 1.807) is 0 Å². The summed E-state index contributed by atoms with van der Waals surface area (Å²) < 4.78 is 1.34. The standard InChI is InChI=1S/C52H36N2S/c1-4-13-35(14-5-1)39-26-32-50-47(34-39)45-30-29-44-46-33-38(25-31-49(46)54(51(44)52(45)55-50)41-19-8-3-9-20-41)36-23-27-42(28-24-36)53(40-17-6-2-7-18-40)48-22-12-16-37-15-10-11-21-43(37)48/h1-34,44,51H. The zero-order chi connectivity index (χ0) is 36.3. The number of para-hydroxylation sites is 2. The zero-order valence-corrected chi connectivity index (χ0v) is 30.9. The minimum Gasteiger partial charge on any atom is -0.332 e. The smallest absolute Gasteiger partial charge is 0.0794 e. The summed E-state index contributed by atoms with van der Waals surface area (Å²) >= 11 is 1.95. The topological polar surface area (TPSA) is 6.48 Å². The monoisotopic (exact) mass is 720 g/mol. The number of thiophene rings is 1. The van der Waals surface area contributed by atoms with E-state index in [0.29, 0.717) is 0 Å². The van der Waals surface area contributed by atoms with Crippen LogP contribution in [0.5, 0.6) is 0 Å². The van der Waals surface area contributed by atoms with Gasteiger partial charge in [0.25, 0.3) is 0 Å². The van der Waals surface area contributed by atoms with E-state index in [0.717, 1.165) is 11.4 Å². The van der Waals surface area contributed by atoms with Gasteiger partial charge in [-0.1, -0.05) is 140 Å². The third kappa shape index (κ3) is 5.31. The first-order valence-electron chi connectivity index (χ1n) is 19.0. The van der Waals surface area contributed by atoms with Gasteiger partial charge in [0.2, 0.25) is 0 Å². The maximum atomic E-state index is 2.59. The summed E-state index contributed by atoms with van der Waals surface area (Å²) in [5, 5.41) is 3.80. The lowest BCUT2D eigenvalue weighted by atomic mass is 9.86. The highest BCUT2D eigenvalue weighted by Gasteiger charge is 2.43. The molecule has 3 heteroatoms. The molecule has 0 radical (unpaired) electrons. The van der Waals surface area contributed by atoms with Crippen LogP contribution in [-0.4, -0.2) is 0 Å². The van der Waals surface area contributed by atoms with Crippen molar-refractivity contribution in [3.05, 3.63) is 216 Å². The summed E-state index contributed by atoms with van der Waals surface area (Å²) in [6.45, 7) is 0. The quantitative estimate of drug-likeness (QED) is 0.169. The number of hydrogen-bond donors (Lipinski definition) is 0. The van der Waals surface area contributed by atoms with Gasteiger partial charge < -0.3 is 9.80 Å². The first-order valence-corrected chi connectivity index (χ1v) is 19.8. The minimum absolute atomic E-state index is 0.188. The van der Waals surface area contributed by atoms with Crippen molar-refractivity contribution in [1.82, 2.24) is 0 Å². The normalized spacial score (nSPS) is 15.5. The second kappa shape index (κ2) is 13.0. The van der Waals surface area contributed by atoms with Crippen LogP contribution >= 0.6 is 11.3 Å². The maximum absolute atomic E-state index is 2.59. The van der Waals surface area contributed by atoms with Crippen LogP contribution in [0.2, 0.25) is 0 Å². The molecule has 11 rings (SSSR count). The molecule has 1 aliphatic heterocycles. The SMILES string of the molecule is C1=CC2c3cc(-c4ccc(N(c5ccccc5)c5cccc6ccccc56)cc4)ccc3N(c3ccccc3)C2c2sc3ccc(-c4ccccc4)cc3c21. The molecule has 0 spiro atoms. The molecule has 55 heavy (non-hydrogen) atoms. The number of hydrogen-bond acceptors (Lipinski definition) is 3. The summed E-state index contributed by atoms with van der Waals surface area (Å²) in [4.78, 5) is 6.40. The van der Waals surface area contributed by atoms with E-state index in [1.165, 1.54) is 76.2 Å². The van der Waals surface area contributed by atoms with Gasteiger partial charge in [0.15, 0.2) is 0 Å². The number of nitrogens with zero attached hydrogens (tertiary/aromatic N) is 2. The molecule has 260 valence electrons. The Balaban J connectivity index is 0.993. The molecule has 2 unspecified atom stereocenters. The second-order valence-electron chi connectivity index (χ2n) is 14.5. The van der Waals surface area contributed by atoms with Gasteiger partial charge >= 0.3 is 0 Å². The summed E-state index contributed by atoms with van der Waals surface area (Å²) in [5.74, 6) is 0.239. The molecule has 0 saturated carbocycles. The fourth-order valence-electron chi connectivity index (χ4n) is 8.83. The van der Waals surface area contributed by atoms with Crippen molar-refractivity contribution in [2.24, 2.45) is 0 Å². The van der Waals surface area contributed by atoms with E-state index in [2.05, 4.69) is 216 Å². The molecule has 0 N–H and O–H groups in total. The van der Waals surface area contributed by atoms with Gasteiger partial charge in [-0.3, -0.25) is 0 Å². The van der Waals surface area contributed by atoms with Crippen LogP contribution in [0.1, 0.15) is 28.0 Å². The fraction of sp³-hybridized carbons (Fsp3) is 0.0385. The number of benzene rings is 8. The summed E-state index contributed by atoms with van der Waals surface area (Å²) in [6, 6.07) is 70.9. The molecule has 9 aromatic rings. The van der Waals surface area contributed by atoms with Gasteiger partial charge in [-0.05, 0) is 105 Å². The molecule has 0 bridgehead atoms. The van der Waals surface area contributed by atoms with E-state index in [1.807, 2.05) is 11.3 Å². The first kappa shape index (κ1) is 31.8. The molecule has 2 nitrogen and oxygen atoms in total. The van der Waals surface area contributed by atoms with E-state index in [4.69, 9.17) is 0 Å². The van der Waals surface area contributed by atoms with Gasteiger partial charge in [0.05, 0.1) is 11.7 Å². The minimum atomic E-state index is 0.188. The number of fused-ring (bicyclic) bond motifs is 8. The van der Waals surface area contributed by atoms with Crippen LogP contribution in [0.4, 0.5) is 28.4 Å². The lowest BCUT2D eigenvalue weighted by Crippen LogP contribution is -2.22. The molecule has 0 fully saturated rings. The molecular formula is C52H36N2S. The largest absolute Gasteiger partial charge is 0.332 e. The molecule has 1 aliphatic carbocycles. The number of rotatable bonds is 6. The van der Waals surface area contributed by atoms with Gasteiger partial charge in [0, 0.05) is 49.0 Å². The Morgan fingerprint density at radius 1 is 0.491 bits per heavy atom.